The molecule has 2 rings (SSSR count). The number of hydrogen-bond donors (Lipinski definition) is 2. The normalized spacial score (nSPS) is 24.4. The zero-order valence-electron chi connectivity index (χ0n) is 10.4. The van der Waals surface area contributed by atoms with E-state index in [1.807, 2.05) is 0 Å². The van der Waals surface area contributed by atoms with E-state index in [0.29, 0.717) is 19.4 Å². The molecular weight excluding hydrogens is 234 g/mol. The summed E-state index contributed by atoms with van der Waals surface area (Å²) in [6.07, 6.45) is 3.63. The summed E-state index contributed by atoms with van der Waals surface area (Å²) < 4.78 is 0. The summed E-state index contributed by atoms with van der Waals surface area (Å²) in [6.45, 7) is 1.51. The van der Waals surface area contributed by atoms with Gasteiger partial charge in [0.15, 0.2) is 0 Å². The molecule has 1 unspecified atom stereocenters. The predicted molar refractivity (Wildman–Crippen MR) is 64.6 cm³/mol. The lowest BCUT2D eigenvalue weighted by Gasteiger charge is -2.23. The molecule has 0 aromatic heterocycles. The molecule has 2 fully saturated rings. The third kappa shape index (κ3) is 3.07. The molecular formula is C12H19N3O3. The van der Waals surface area contributed by atoms with Crippen LogP contribution in [0.3, 0.4) is 0 Å². The van der Waals surface area contributed by atoms with Crippen LogP contribution in [0.5, 0.6) is 0 Å². The number of carbonyl (C=O) groups is 3. The molecule has 100 valence electrons. The lowest BCUT2D eigenvalue weighted by molar-refractivity contribution is -0.138. The van der Waals surface area contributed by atoms with Gasteiger partial charge >= 0.3 is 0 Å². The Morgan fingerprint density at radius 1 is 1.28 bits per heavy atom. The van der Waals surface area contributed by atoms with E-state index in [4.69, 9.17) is 0 Å². The van der Waals surface area contributed by atoms with E-state index in [0.717, 1.165) is 25.8 Å². The van der Waals surface area contributed by atoms with Gasteiger partial charge in [0.2, 0.25) is 17.7 Å². The second-order valence-electron chi connectivity index (χ2n) is 4.73. The Morgan fingerprint density at radius 3 is 2.61 bits per heavy atom. The largest absolute Gasteiger partial charge is 0.353 e. The Morgan fingerprint density at radius 2 is 2.00 bits per heavy atom. The molecule has 0 aromatic rings. The molecule has 0 bridgehead atoms. The Kier molecular flexibility index (Phi) is 4.30. The summed E-state index contributed by atoms with van der Waals surface area (Å²) in [6, 6.07) is -0.122. The highest BCUT2D eigenvalue weighted by Gasteiger charge is 2.28. The van der Waals surface area contributed by atoms with E-state index in [-0.39, 0.29) is 30.3 Å². The quantitative estimate of drug-likeness (QED) is 0.655. The Hall–Kier alpha value is -1.43. The van der Waals surface area contributed by atoms with Crippen molar-refractivity contribution in [3.63, 3.8) is 0 Å². The van der Waals surface area contributed by atoms with Crippen LogP contribution in [-0.2, 0) is 14.4 Å². The first-order chi connectivity index (χ1) is 8.68. The number of likely N-dealkylation sites (tertiary alicyclic amines) is 1. The fraction of sp³-hybridized carbons (Fsp3) is 0.750. The van der Waals surface area contributed by atoms with Crippen LogP contribution >= 0.6 is 0 Å². The van der Waals surface area contributed by atoms with Crippen LogP contribution < -0.4 is 10.6 Å². The van der Waals surface area contributed by atoms with Crippen molar-refractivity contribution in [2.24, 2.45) is 0 Å². The fourth-order valence-electron chi connectivity index (χ4n) is 2.36. The van der Waals surface area contributed by atoms with Crippen molar-refractivity contribution in [3.05, 3.63) is 0 Å². The Labute approximate surface area is 106 Å². The van der Waals surface area contributed by atoms with E-state index in [2.05, 4.69) is 10.6 Å². The van der Waals surface area contributed by atoms with Crippen molar-refractivity contribution < 1.29 is 14.4 Å². The maximum Gasteiger partial charge on any atom is 0.237 e. The molecule has 2 N–H and O–H groups in total. The van der Waals surface area contributed by atoms with Gasteiger partial charge in [-0.25, -0.2) is 0 Å². The maximum atomic E-state index is 11.8. The number of imide groups is 1. The first-order valence-corrected chi connectivity index (χ1v) is 6.53. The van der Waals surface area contributed by atoms with Crippen LogP contribution in [0.2, 0.25) is 0 Å². The first-order valence-electron chi connectivity index (χ1n) is 6.53. The predicted octanol–water partition coefficient (Wildman–Crippen LogP) is -0.606. The fourth-order valence-corrected chi connectivity index (χ4v) is 2.36. The molecule has 2 heterocycles. The van der Waals surface area contributed by atoms with E-state index < -0.39 is 0 Å². The molecule has 0 radical (unpaired) electrons. The lowest BCUT2D eigenvalue weighted by atomic mass is 10.0. The maximum absolute atomic E-state index is 11.8. The van der Waals surface area contributed by atoms with Gasteiger partial charge in [-0.05, 0) is 19.4 Å². The van der Waals surface area contributed by atoms with Gasteiger partial charge in [0.25, 0.3) is 0 Å². The van der Waals surface area contributed by atoms with Crippen molar-refractivity contribution in [2.75, 3.05) is 19.6 Å². The van der Waals surface area contributed by atoms with Crippen molar-refractivity contribution in [1.82, 2.24) is 15.5 Å². The van der Waals surface area contributed by atoms with E-state index in [9.17, 15) is 14.4 Å². The molecule has 1 atom stereocenters. The summed E-state index contributed by atoms with van der Waals surface area (Å²) in [7, 11) is 0. The second kappa shape index (κ2) is 5.95. The summed E-state index contributed by atoms with van der Waals surface area (Å²) in [5.74, 6) is -0.302. The minimum atomic E-state index is -0.134. The zero-order chi connectivity index (χ0) is 13.0. The zero-order valence-corrected chi connectivity index (χ0v) is 10.4. The van der Waals surface area contributed by atoms with E-state index in [1.165, 1.54) is 4.90 Å². The summed E-state index contributed by atoms with van der Waals surface area (Å²) in [5, 5.41) is 5.93. The van der Waals surface area contributed by atoms with Crippen LogP contribution in [0.15, 0.2) is 0 Å². The summed E-state index contributed by atoms with van der Waals surface area (Å²) in [4.78, 5) is 35.7. The second-order valence-corrected chi connectivity index (χ2v) is 4.73. The standard InChI is InChI=1S/C12H19N3O3/c16-10-4-5-11(17)15(10)8-7-14-12(18)9-3-1-2-6-13-9/h9,13H,1-8H2,(H,14,18). The van der Waals surface area contributed by atoms with Gasteiger partial charge in [-0.1, -0.05) is 6.42 Å². The molecule has 0 saturated carbocycles. The Balaban J connectivity index is 1.69. The van der Waals surface area contributed by atoms with Crippen LogP contribution in [0.1, 0.15) is 32.1 Å². The molecule has 6 nitrogen and oxygen atoms in total. The van der Waals surface area contributed by atoms with Gasteiger partial charge in [0.1, 0.15) is 0 Å². The highest BCUT2D eigenvalue weighted by Crippen LogP contribution is 2.10. The summed E-state index contributed by atoms with van der Waals surface area (Å²) in [5.41, 5.74) is 0. The van der Waals surface area contributed by atoms with Gasteiger partial charge in [0, 0.05) is 25.9 Å². The number of rotatable bonds is 4. The number of piperidine rings is 1. The van der Waals surface area contributed by atoms with Crippen molar-refractivity contribution in [1.29, 1.82) is 0 Å². The van der Waals surface area contributed by atoms with Crippen LogP contribution in [0.4, 0.5) is 0 Å². The average molecular weight is 253 g/mol. The third-order valence-electron chi connectivity index (χ3n) is 3.42. The van der Waals surface area contributed by atoms with Crippen molar-refractivity contribution >= 4 is 17.7 Å². The highest BCUT2D eigenvalue weighted by molar-refractivity contribution is 6.01. The SMILES string of the molecule is O=C(NCCN1C(=O)CCC1=O)C1CCCCN1. The third-order valence-corrected chi connectivity index (χ3v) is 3.42. The van der Waals surface area contributed by atoms with Gasteiger partial charge < -0.3 is 10.6 Å². The van der Waals surface area contributed by atoms with Gasteiger partial charge in [-0.2, -0.15) is 0 Å². The molecule has 3 amide bonds. The van der Waals surface area contributed by atoms with Gasteiger partial charge in [-0.3, -0.25) is 19.3 Å². The van der Waals surface area contributed by atoms with Gasteiger partial charge in [-0.15, -0.1) is 0 Å². The monoisotopic (exact) mass is 253 g/mol. The number of hydrogen-bond acceptors (Lipinski definition) is 4. The smallest absolute Gasteiger partial charge is 0.237 e. The van der Waals surface area contributed by atoms with Crippen molar-refractivity contribution in [3.8, 4) is 0 Å². The number of carbonyl (C=O) groups excluding carboxylic acids is 3. The first kappa shape index (κ1) is 13.0. The van der Waals surface area contributed by atoms with Crippen molar-refractivity contribution in [2.45, 2.75) is 38.1 Å². The van der Waals surface area contributed by atoms with Crippen LogP contribution in [0, 0.1) is 0 Å². The van der Waals surface area contributed by atoms with Crippen LogP contribution in [0.25, 0.3) is 0 Å². The topological polar surface area (TPSA) is 78.5 Å². The Bertz CT molecular complexity index is 334. The molecule has 0 aromatic carbocycles. The number of amides is 3. The van der Waals surface area contributed by atoms with E-state index >= 15 is 0 Å². The molecule has 2 aliphatic heterocycles. The minimum absolute atomic E-state index is 0.0335. The average Bonchev–Trinajstić information content (AvgIpc) is 2.71. The number of nitrogens with one attached hydrogen (secondary N) is 2. The van der Waals surface area contributed by atoms with Crippen LogP contribution in [-0.4, -0.2) is 48.3 Å². The molecule has 2 saturated heterocycles. The molecule has 2 aliphatic rings. The minimum Gasteiger partial charge on any atom is -0.353 e. The highest BCUT2D eigenvalue weighted by atomic mass is 16.2. The van der Waals surface area contributed by atoms with E-state index in [1.54, 1.807) is 0 Å². The molecule has 6 heteroatoms. The molecule has 0 aliphatic carbocycles. The number of nitrogens with zero attached hydrogens (tertiary/aromatic N) is 1. The molecule has 18 heavy (non-hydrogen) atoms. The van der Waals surface area contributed by atoms with Gasteiger partial charge in [0.05, 0.1) is 6.04 Å². The molecule has 0 spiro atoms. The lowest BCUT2D eigenvalue weighted by Crippen LogP contribution is -2.48. The summed E-state index contributed by atoms with van der Waals surface area (Å²) >= 11 is 0.